The number of aryl methyl sites for hydroxylation is 1. The molecule has 2 unspecified atom stereocenters. The maximum Gasteiger partial charge on any atom is 0.341 e. The van der Waals surface area contributed by atoms with Gasteiger partial charge >= 0.3 is 6.03 Å². The van der Waals surface area contributed by atoms with Gasteiger partial charge in [0, 0.05) is 35.5 Å². The summed E-state index contributed by atoms with van der Waals surface area (Å²) < 4.78 is 17.9. The van der Waals surface area contributed by atoms with E-state index >= 15 is 0 Å². The molecular formula is C34H41N5O4. The van der Waals surface area contributed by atoms with Crippen molar-refractivity contribution in [3.8, 4) is 5.75 Å². The minimum absolute atomic E-state index is 0.139. The Morgan fingerprint density at radius 3 is 2.51 bits per heavy atom. The van der Waals surface area contributed by atoms with Crippen molar-refractivity contribution >= 4 is 22.5 Å². The van der Waals surface area contributed by atoms with Crippen molar-refractivity contribution in [1.29, 1.82) is 0 Å². The van der Waals surface area contributed by atoms with E-state index in [2.05, 4.69) is 53.7 Å². The molecule has 43 heavy (non-hydrogen) atoms. The standard InChI is InChI=1S/C34H41N5O4/c1-23-10-6-7-11-26(23)32-30(20-25(22-43-32)34(3,4)5)36-38-37-33(40)35-29-14-15-31(28-13-9-8-12-27(28)29)42-21-24(2)39-16-18-41-19-17-39/h6-15,20,22,24,32H,16-19,21H2,1-5H3,(H2,35,36,37,40). The van der Waals surface area contributed by atoms with Gasteiger partial charge in [0.25, 0.3) is 0 Å². The Morgan fingerprint density at radius 1 is 1.05 bits per heavy atom. The Hall–Kier alpha value is -4.21. The zero-order valence-electron chi connectivity index (χ0n) is 25.6. The van der Waals surface area contributed by atoms with Gasteiger partial charge in [-0.15, -0.1) is 5.11 Å². The number of nitrogens with zero attached hydrogens (tertiary/aromatic N) is 3. The second-order valence-electron chi connectivity index (χ2n) is 12.0. The molecule has 3 aromatic carbocycles. The fourth-order valence-electron chi connectivity index (χ4n) is 5.19. The SMILES string of the molecule is Cc1ccccc1C1OC=C(C(C)(C)C)C=C1N=NNC(=O)Nc1ccc(OCC(C)N2CCOCC2)c2ccccc12. The van der Waals surface area contributed by atoms with Crippen LogP contribution in [0.4, 0.5) is 10.5 Å². The zero-order chi connectivity index (χ0) is 30.4. The van der Waals surface area contributed by atoms with Crippen molar-refractivity contribution in [2.24, 2.45) is 15.8 Å². The second kappa shape index (κ2) is 13.4. The summed E-state index contributed by atoms with van der Waals surface area (Å²) in [5.74, 6) is 0.774. The van der Waals surface area contributed by atoms with Crippen LogP contribution in [0.3, 0.4) is 0 Å². The number of benzene rings is 3. The van der Waals surface area contributed by atoms with Gasteiger partial charge in [0.05, 0.1) is 25.2 Å². The molecule has 2 atom stereocenters. The van der Waals surface area contributed by atoms with E-state index in [-0.39, 0.29) is 11.5 Å². The molecule has 1 fully saturated rings. The number of carbonyl (C=O) groups is 1. The van der Waals surface area contributed by atoms with Crippen molar-refractivity contribution in [2.45, 2.75) is 46.8 Å². The predicted octanol–water partition coefficient (Wildman–Crippen LogP) is 7.32. The van der Waals surface area contributed by atoms with Crippen LogP contribution in [0.15, 0.2) is 94.6 Å². The van der Waals surface area contributed by atoms with Crippen LogP contribution in [0.1, 0.15) is 44.9 Å². The first-order valence-corrected chi connectivity index (χ1v) is 14.8. The van der Waals surface area contributed by atoms with Crippen LogP contribution in [-0.4, -0.2) is 49.9 Å². The van der Waals surface area contributed by atoms with Crippen molar-refractivity contribution in [2.75, 3.05) is 38.2 Å². The Kier molecular flexibility index (Phi) is 9.43. The lowest BCUT2D eigenvalue weighted by Crippen LogP contribution is -2.44. The molecular weight excluding hydrogens is 542 g/mol. The summed E-state index contributed by atoms with van der Waals surface area (Å²) in [4.78, 5) is 15.3. The molecule has 0 spiro atoms. The van der Waals surface area contributed by atoms with Crippen LogP contribution in [0.2, 0.25) is 0 Å². The van der Waals surface area contributed by atoms with Crippen molar-refractivity contribution in [3.63, 3.8) is 0 Å². The highest BCUT2D eigenvalue weighted by molar-refractivity contribution is 6.03. The molecule has 5 rings (SSSR count). The number of morpholine rings is 1. The summed E-state index contributed by atoms with van der Waals surface area (Å²) in [6, 6.07) is 19.4. The second-order valence-corrected chi connectivity index (χ2v) is 12.0. The normalized spacial score (nSPS) is 18.5. The van der Waals surface area contributed by atoms with Crippen LogP contribution in [0.5, 0.6) is 5.75 Å². The molecule has 1 saturated heterocycles. The average Bonchev–Trinajstić information content (AvgIpc) is 3.01. The summed E-state index contributed by atoms with van der Waals surface area (Å²) in [5.41, 5.74) is 6.71. The van der Waals surface area contributed by atoms with Crippen LogP contribution in [-0.2, 0) is 9.47 Å². The van der Waals surface area contributed by atoms with Gasteiger partial charge in [-0.2, -0.15) is 0 Å². The minimum Gasteiger partial charge on any atom is -0.491 e. The molecule has 9 heteroatoms. The summed E-state index contributed by atoms with van der Waals surface area (Å²) in [6.07, 6.45) is 3.34. The van der Waals surface area contributed by atoms with Gasteiger partial charge in [-0.3, -0.25) is 4.90 Å². The summed E-state index contributed by atoms with van der Waals surface area (Å²) in [6.45, 7) is 14.4. The summed E-state index contributed by atoms with van der Waals surface area (Å²) in [7, 11) is 0. The molecule has 0 saturated carbocycles. The fourth-order valence-corrected chi connectivity index (χ4v) is 5.19. The molecule has 9 nitrogen and oxygen atoms in total. The molecule has 2 aliphatic rings. The third kappa shape index (κ3) is 7.42. The molecule has 0 radical (unpaired) electrons. The largest absolute Gasteiger partial charge is 0.491 e. The van der Waals surface area contributed by atoms with E-state index in [4.69, 9.17) is 14.2 Å². The summed E-state index contributed by atoms with van der Waals surface area (Å²) >= 11 is 0. The van der Waals surface area contributed by atoms with Crippen LogP contribution < -0.4 is 15.5 Å². The molecule has 0 bridgehead atoms. The molecule has 226 valence electrons. The highest BCUT2D eigenvalue weighted by Crippen LogP contribution is 2.38. The molecule has 0 aromatic heterocycles. The number of ether oxygens (including phenoxy) is 3. The number of fused-ring (bicyclic) bond motifs is 1. The Bertz CT molecular complexity index is 1540. The topological polar surface area (TPSA) is 96.8 Å². The van der Waals surface area contributed by atoms with E-state index in [1.54, 1.807) is 6.26 Å². The van der Waals surface area contributed by atoms with Gasteiger partial charge in [0.2, 0.25) is 0 Å². The Balaban J connectivity index is 1.27. The van der Waals surface area contributed by atoms with Gasteiger partial charge in [0.1, 0.15) is 18.1 Å². The predicted molar refractivity (Wildman–Crippen MR) is 169 cm³/mol. The van der Waals surface area contributed by atoms with Crippen LogP contribution >= 0.6 is 0 Å². The highest BCUT2D eigenvalue weighted by Gasteiger charge is 2.27. The van der Waals surface area contributed by atoms with E-state index in [9.17, 15) is 4.79 Å². The number of hydrogen-bond donors (Lipinski definition) is 2. The number of nitrogens with one attached hydrogen (secondary N) is 2. The van der Waals surface area contributed by atoms with Crippen LogP contribution in [0.25, 0.3) is 10.8 Å². The number of amides is 2. The smallest absolute Gasteiger partial charge is 0.341 e. The maximum absolute atomic E-state index is 12.9. The van der Waals surface area contributed by atoms with Gasteiger partial charge in [-0.05, 0) is 48.6 Å². The van der Waals surface area contributed by atoms with Gasteiger partial charge in [0.15, 0.2) is 6.10 Å². The van der Waals surface area contributed by atoms with Gasteiger partial charge < -0.3 is 19.5 Å². The number of anilines is 1. The third-order valence-corrected chi connectivity index (χ3v) is 7.84. The quantitative estimate of drug-likeness (QED) is 0.214. The molecule has 2 heterocycles. The fraction of sp³-hybridized carbons (Fsp3) is 0.382. The van der Waals surface area contributed by atoms with Gasteiger partial charge in [-0.1, -0.05) is 74.5 Å². The van der Waals surface area contributed by atoms with E-state index in [1.165, 1.54) is 0 Å². The van der Waals surface area contributed by atoms with Gasteiger partial charge in [-0.25, -0.2) is 10.2 Å². The first-order valence-electron chi connectivity index (χ1n) is 14.8. The monoisotopic (exact) mass is 583 g/mol. The first-order chi connectivity index (χ1) is 20.7. The average molecular weight is 584 g/mol. The maximum atomic E-state index is 12.9. The lowest BCUT2D eigenvalue weighted by Gasteiger charge is -2.32. The number of rotatable bonds is 8. The number of carbonyl (C=O) groups excluding carboxylic acids is 1. The molecule has 2 N–H and O–H groups in total. The van der Waals surface area contributed by atoms with Crippen molar-refractivity contribution < 1.29 is 19.0 Å². The Morgan fingerprint density at radius 2 is 1.77 bits per heavy atom. The lowest BCUT2D eigenvalue weighted by molar-refractivity contribution is 0.0106. The minimum atomic E-state index is -0.500. The van der Waals surface area contributed by atoms with E-state index in [1.807, 2.05) is 73.7 Å². The van der Waals surface area contributed by atoms with Crippen molar-refractivity contribution in [1.82, 2.24) is 10.3 Å². The molecule has 0 aliphatic carbocycles. The van der Waals surface area contributed by atoms with E-state index < -0.39 is 12.1 Å². The molecule has 3 aromatic rings. The first kappa shape index (κ1) is 30.3. The van der Waals surface area contributed by atoms with E-state index in [0.717, 1.165) is 59.5 Å². The third-order valence-electron chi connectivity index (χ3n) is 7.84. The Labute approximate surface area is 253 Å². The molecule has 2 amide bonds. The number of urea groups is 1. The summed E-state index contributed by atoms with van der Waals surface area (Å²) in [5, 5.41) is 13.1. The zero-order valence-corrected chi connectivity index (χ0v) is 25.6. The lowest BCUT2D eigenvalue weighted by atomic mass is 9.85. The van der Waals surface area contributed by atoms with Crippen molar-refractivity contribution in [3.05, 3.63) is 95.4 Å². The van der Waals surface area contributed by atoms with Crippen LogP contribution in [0, 0.1) is 12.3 Å². The highest BCUT2D eigenvalue weighted by atomic mass is 16.5. The van der Waals surface area contributed by atoms with E-state index in [0.29, 0.717) is 18.0 Å². The number of hydrogen-bond acceptors (Lipinski definition) is 7. The molecule has 2 aliphatic heterocycles. The number of allylic oxidation sites excluding steroid dienone is 2.